The van der Waals surface area contributed by atoms with Gasteiger partial charge in [0, 0.05) is 0 Å². The van der Waals surface area contributed by atoms with Crippen LogP contribution in [0.25, 0.3) is 0 Å². The van der Waals surface area contributed by atoms with Crippen LogP contribution in [0.15, 0.2) is 11.6 Å². The minimum atomic E-state index is 0.125. The molecule has 2 aliphatic rings. The standard InChI is InChI=1S/C16H28O/c1-13-7-5-12-17-16(4)11-6-10-15(2,3)14(16)9-8-13/h7,14H,5-6,8-12H2,1-4H3/b13-7-/t14-,16?/m0/s1. The molecule has 17 heavy (non-hydrogen) atoms. The third-order valence-corrected chi connectivity index (χ3v) is 5.04. The Bertz CT molecular complexity index is 303. The van der Waals surface area contributed by atoms with Gasteiger partial charge in [-0.1, -0.05) is 31.9 Å². The predicted octanol–water partition coefficient (Wildman–Crippen LogP) is 4.72. The zero-order valence-corrected chi connectivity index (χ0v) is 12.0. The van der Waals surface area contributed by atoms with Gasteiger partial charge in [0.15, 0.2) is 0 Å². The summed E-state index contributed by atoms with van der Waals surface area (Å²) >= 11 is 0. The molecule has 1 saturated carbocycles. The van der Waals surface area contributed by atoms with Crippen molar-refractivity contribution in [3.8, 4) is 0 Å². The molecule has 1 aliphatic heterocycles. The average molecular weight is 236 g/mol. The van der Waals surface area contributed by atoms with E-state index >= 15 is 0 Å². The van der Waals surface area contributed by atoms with Gasteiger partial charge in [-0.2, -0.15) is 0 Å². The van der Waals surface area contributed by atoms with Gasteiger partial charge < -0.3 is 4.74 Å². The van der Waals surface area contributed by atoms with E-state index in [2.05, 4.69) is 33.8 Å². The third kappa shape index (κ3) is 2.76. The first-order valence-corrected chi connectivity index (χ1v) is 7.24. The van der Waals surface area contributed by atoms with Gasteiger partial charge in [-0.05, 0) is 57.3 Å². The fourth-order valence-corrected chi connectivity index (χ4v) is 4.01. The molecule has 0 aromatic heterocycles. The molecule has 0 aromatic carbocycles. The molecule has 0 radical (unpaired) electrons. The SMILES string of the molecule is C/C1=C/CCOC2(C)CCCC(C)(C)[C@@H]2CC1. The highest BCUT2D eigenvalue weighted by Crippen LogP contribution is 2.50. The summed E-state index contributed by atoms with van der Waals surface area (Å²) in [6.07, 6.45) is 9.95. The monoisotopic (exact) mass is 236 g/mol. The van der Waals surface area contributed by atoms with Crippen LogP contribution in [0.4, 0.5) is 0 Å². The molecule has 0 aromatic rings. The van der Waals surface area contributed by atoms with Crippen LogP contribution in [-0.4, -0.2) is 12.2 Å². The molecule has 98 valence electrons. The van der Waals surface area contributed by atoms with Gasteiger partial charge in [-0.3, -0.25) is 0 Å². The molecule has 1 unspecified atom stereocenters. The lowest BCUT2D eigenvalue weighted by atomic mass is 9.60. The molecule has 1 fully saturated rings. The van der Waals surface area contributed by atoms with E-state index < -0.39 is 0 Å². The topological polar surface area (TPSA) is 9.23 Å². The van der Waals surface area contributed by atoms with Crippen molar-refractivity contribution in [3.05, 3.63) is 11.6 Å². The van der Waals surface area contributed by atoms with Crippen LogP contribution in [0.3, 0.4) is 0 Å². The lowest BCUT2D eigenvalue weighted by Gasteiger charge is -2.50. The molecular formula is C16H28O. The molecule has 1 heteroatoms. The lowest BCUT2D eigenvalue weighted by Crippen LogP contribution is -2.48. The van der Waals surface area contributed by atoms with Gasteiger partial charge in [-0.15, -0.1) is 0 Å². The summed E-state index contributed by atoms with van der Waals surface area (Å²) in [5.74, 6) is 0.713. The normalized spacial score (nSPS) is 41.4. The smallest absolute Gasteiger partial charge is 0.0687 e. The second kappa shape index (κ2) is 4.76. The minimum Gasteiger partial charge on any atom is -0.375 e. The Hall–Kier alpha value is -0.300. The fraction of sp³-hybridized carbons (Fsp3) is 0.875. The van der Waals surface area contributed by atoms with E-state index in [4.69, 9.17) is 4.74 Å². The van der Waals surface area contributed by atoms with Crippen LogP contribution < -0.4 is 0 Å². The Balaban J connectivity index is 2.22. The Morgan fingerprint density at radius 2 is 2.00 bits per heavy atom. The van der Waals surface area contributed by atoms with E-state index in [0.29, 0.717) is 11.3 Å². The average Bonchev–Trinajstić information content (AvgIpc) is 2.29. The summed E-state index contributed by atoms with van der Waals surface area (Å²) < 4.78 is 6.29. The summed E-state index contributed by atoms with van der Waals surface area (Å²) in [7, 11) is 0. The predicted molar refractivity (Wildman–Crippen MR) is 73.1 cm³/mol. The highest BCUT2D eigenvalue weighted by Gasteiger charge is 2.46. The Labute approximate surface area is 107 Å². The molecule has 0 spiro atoms. The maximum atomic E-state index is 6.29. The van der Waals surface area contributed by atoms with Crippen molar-refractivity contribution in [1.82, 2.24) is 0 Å². The summed E-state index contributed by atoms with van der Waals surface area (Å²) in [6.45, 7) is 10.4. The molecule has 0 saturated heterocycles. The fourth-order valence-electron chi connectivity index (χ4n) is 4.01. The summed E-state index contributed by atoms with van der Waals surface area (Å²) in [5.41, 5.74) is 2.12. The van der Waals surface area contributed by atoms with Crippen molar-refractivity contribution in [2.75, 3.05) is 6.61 Å². The Morgan fingerprint density at radius 1 is 1.24 bits per heavy atom. The van der Waals surface area contributed by atoms with Crippen molar-refractivity contribution in [1.29, 1.82) is 0 Å². The number of allylic oxidation sites excluding steroid dienone is 1. The molecule has 1 nitrogen and oxygen atoms in total. The van der Waals surface area contributed by atoms with Gasteiger partial charge in [0.25, 0.3) is 0 Å². The van der Waals surface area contributed by atoms with Gasteiger partial charge >= 0.3 is 0 Å². The van der Waals surface area contributed by atoms with E-state index in [9.17, 15) is 0 Å². The maximum absolute atomic E-state index is 6.29. The molecule has 0 bridgehead atoms. The van der Waals surface area contributed by atoms with Crippen LogP contribution in [-0.2, 0) is 4.74 Å². The van der Waals surface area contributed by atoms with E-state index in [-0.39, 0.29) is 5.60 Å². The van der Waals surface area contributed by atoms with Crippen molar-refractivity contribution in [3.63, 3.8) is 0 Å². The molecule has 2 atom stereocenters. The molecule has 1 aliphatic carbocycles. The van der Waals surface area contributed by atoms with E-state index in [1.807, 2.05) is 0 Å². The first-order valence-electron chi connectivity index (χ1n) is 7.24. The first-order chi connectivity index (χ1) is 7.94. The Kier molecular flexibility index (Phi) is 3.68. The van der Waals surface area contributed by atoms with Gasteiger partial charge in [0.2, 0.25) is 0 Å². The van der Waals surface area contributed by atoms with Gasteiger partial charge in [-0.25, -0.2) is 0 Å². The largest absolute Gasteiger partial charge is 0.375 e. The highest BCUT2D eigenvalue weighted by molar-refractivity contribution is 5.04. The first kappa shape index (κ1) is 13.1. The third-order valence-electron chi connectivity index (χ3n) is 5.04. The summed E-state index contributed by atoms with van der Waals surface area (Å²) in [5, 5.41) is 0. The second-order valence-corrected chi connectivity index (χ2v) is 6.93. The molecular weight excluding hydrogens is 208 g/mol. The van der Waals surface area contributed by atoms with Crippen molar-refractivity contribution in [2.24, 2.45) is 11.3 Å². The zero-order valence-electron chi connectivity index (χ0n) is 12.0. The maximum Gasteiger partial charge on any atom is 0.0687 e. The van der Waals surface area contributed by atoms with E-state index in [1.165, 1.54) is 32.1 Å². The molecule has 1 heterocycles. The van der Waals surface area contributed by atoms with Crippen LogP contribution >= 0.6 is 0 Å². The quantitative estimate of drug-likeness (QED) is 0.553. The van der Waals surface area contributed by atoms with Crippen molar-refractivity contribution >= 4 is 0 Å². The molecule has 2 rings (SSSR count). The van der Waals surface area contributed by atoms with Crippen LogP contribution in [0.1, 0.15) is 66.2 Å². The summed E-state index contributed by atoms with van der Waals surface area (Å²) in [4.78, 5) is 0. The lowest BCUT2D eigenvalue weighted by molar-refractivity contribution is -0.135. The number of hydrogen-bond donors (Lipinski definition) is 0. The Morgan fingerprint density at radius 3 is 2.76 bits per heavy atom. The van der Waals surface area contributed by atoms with Gasteiger partial charge in [0.1, 0.15) is 0 Å². The summed E-state index contributed by atoms with van der Waals surface area (Å²) in [6, 6.07) is 0. The van der Waals surface area contributed by atoms with E-state index in [0.717, 1.165) is 13.0 Å². The molecule has 0 amide bonds. The number of rotatable bonds is 0. The number of ether oxygens (including phenoxy) is 1. The van der Waals surface area contributed by atoms with Crippen LogP contribution in [0, 0.1) is 11.3 Å². The minimum absolute atomic E-state index is 0.125. The van der Waals surface area contributed by atoms with Crippen LogP contribution in [0.5, 0.6) is 0 Å². The highest BCUT2D eigenvalue weighted by atomic mass is 16.5. The van der Waals surface area contributed by atoms with Crippen molar-refractivity contribution in [2.45, 2.75) is 71.8 Å². The van der Waals surface area contributed by atoms with E-state index in [1.54, 1.807) is 5.57 Å². The molecule has 0 N–H and O–H groups in total. The second-order valence-electron chi connectivity index (χ2n) is 6.93. The number of fused-ring (bicyclic) bond motifs is 1. The zero-order chi connectivity index (χ0) is 12.5. The van der Waals surface area contributed by atoms with Gasteiger partial charge in [0.05, 0.1) is 12.2 Å². The number of hydrogen-bond acceptors (Lipinski definition) is 1. The van der Waals surface area contributed by atoms with Crippen molar-refractivity contribution < 1.29 is 4.74 Å². The van der Waals surface area contributed by atoms with Crippen LogP contribution in [0.2, 0.25) is 0 Å².